The molecule has 0 bridgehead atoms. The van der Waals surface area contributed by atoms with E-state index in [9.17, 15) is 9.59 Å². The quantitative estimate of drug-likeness (QED) is 0.435. The number of urea groups is 1. The normalized spacial score (nSPS) is 15.6. The van der Waals surface area contributed by atoms with Crippen molar-refractivity contribution in [3.05, 3.63) is 95.1 Å². The van der Waals surface area contributed by atoms with Crippen LogP contribution in [0.15, 0.2) is 78.4 Å². The molecule has 1 aliphatic heterocycles. The van der Waals surface area contributed by atoms with E-state index in [-0.39, 0.29) is 5.41 Å². The van der Waals surface area contributed by atoms with Gasteiger partial charge in [0.15, 0.2) is 0 Å². The highest BCUT2D eigenvalue weighted by atomic mass is 16.5. The highest BCUT2D eigenvalue weighted by Gasteiger charge is 2.34. The summed E-state index contributed by atoms with van der Waals surface area (Å²) in [4.78, 5) is 25.4. The summed E-state index contributed by atoms with van der Waals surface area (Å²) in [5, 5.41) is 5.59. The summed E-state index contributed by atoms with van der Waals surface area (Å²) in [5.41, 5.74) is 3.35. The third-order valence-electron chi connectivity index (χ3n) is 6.03. The van der Waals surface area contributed by atoms with Crippen LogP contribution in [0, 0.1) is 0 Å². The predicted octanol–water partition coefficient (Wildman–Crippen LogP) is 5.72. The lowest BCUT2D eigenvalue weighted by Gasteiger charge is -2.29. The summed E-state index contributed by atoms with van der Waals surface area (Å²) in [6.45, 7) is 6.49. The zero-order chi connectivity index (χ0) is 25.9. The molecule has 2 amide bonds. The van der Waals surface area contributed by atoms with Crippen molar-refractivity contribution in [1.29, 1.82) is 0 Å². The Morgan fingerprint density at radius 1 is 0.806 bits per heavy atom. The molecule has 0 radical (unpaired) electrons. The third kappa shape index (κ3) is 5.35. The SMILES string of the molecule is COC(=O)C1=C(c2ccc(OC)cc2)NC(=O)NC1c1ccc(Oc2ccc(C(C)(C)C)cc2)cc1. The van der Waals surface area contributed by atoms with E-state index in [4.69, 9.17) is 14.2 Å². The lowest BCUT2D eigenvalue weighted by atomic mass is 9.87. The first-order chi connectivity index (χ1) is 17.2. The summed E-state index contributed by atoms with van der Waals surface area (Å²) >= 11 is 0. The van der Waals surface area contributed by atoms with Crippen molar-refractivity contribution in [2.75, 3.05) is 14.2 Å². The van der Waals surface area contributed by atoms with E-state index < -0.39 is 18.0 Å². The van der Waals surface area contributed by atoms with Crippen LogP contribution in [0.2, 0.25) is 0 Å². The maximum Gasteiger partial charge on any atom is 0.338 e. The number of carbonyl (C=O) groups is 2. The van der Waals surface area contributed by atoms with Gasteiger partial charge in [-0.05, 0) is 70.6 Å². The minimum Gasteiger partial charge on any atom is -0.497 e. The Labute approximate surface area is 211 Å². The molecule has 0 saturated carbocycles. The van der Waals surface area contributed by atoms with E-state index >= 15 is 0 Å². The fourth-order valence-corrected chi connectivity index (χ4v) is 4.02. The molecular formula is C29H30N2O5. The van der Waals surface area contributed by atoms with Crippen LogP contribution in [0.4, 0.5) is 4.79 Å². The monoisotopic (exact) mass is 486 g/mol. The van der Waals surface area contributed by atoms with Crippen molar-refractivity contribution >= 4 is 17.7 Å². The van der Waals surface area contributed by atoms with Crippen LogP contribution in [0.3, 0.4) is 0 Å². The number of ether oxygens (including phenoxy) is 3. The second-order valence-electron chi connectivity index (χ2n) is 9.49. The number of esters is 1. The van der Waals surface area contributed by atoms with Gasteiger partial charge in [0.05, 0.1) is 31.5 Å². The average molecular weight is 487 g/mol. The Hall–Kier alpha value is -4.26. The minimum absolute atomic E-state index is 0.0645. The Kier molecular flexibility index (Phi) is 7.01. The Bertz CT molecular complexity index is 1270. The van der Waals surface area contributed by atoms with E-state index in [1.165, 1.54) is 12.7 Å². The average Bonchev–Trinajstić information content (AvgIpc) is 2.88. The zero-order valence-corrected chi connectivity index (χ0v) is 21.0. The van der Waals surface area contributed by atoms with Crippen LogP contribution in [0.5, 0.6) is 17.2 Å². The van der Waals surface area contributed by atoms with Crippen LogP contribution < -0.4 is 20.1 Å². The summed E-state index contributed by atoms with van der Waals surface area (Å²) < 4.78 is 16.3. The van der Waals surface area contributed by atoms with Gasteiger partial charge in [-0.3, -0.25) is 0 Å². The molecular weight excluding hydrogens is 456 g/mol. The van der Waals surface area contributed by atoms with Gasteiger partial charge >= 0.3 is 12.0 Å². The largest absolute Gasteiger partial charge is 0.497 e. The molecule has 186 valence electrons. The highest BCUT2D eigenvalue weighted by Crippen LogP contribution is 2.34. The van der Waals surface area contributed by atoms with E-state index in [2.05, 4.69) is 43.5 Å². The molecule has 1 heterocycles. The number of amides is 2. The fraction of sp³-hybridized carbons (Fsp3) is 0.241. The molecule has 1 atom stereocenters. The van der Waals surface area contributed by atoms with Crippen molar-refractivity contribution in [2.24, 2.45) is 0 Å². The van der Waals surface area contributed by atoms with Gasteiger partial charge in [-0.2, -0.15) is 0 Å². The first kappa shape index (κ1) is 24.9. The topological polar surface area (TPSA) is 85.9 Å². The maximum absolute atomic E-state index is 12.8. The van der Waals surface area contributed by atoms with Gasteiger partial charge in [0, 0.05) is 0 Å². The molecule has 7 nitrogen and oxygen atoms in total. The molecule has 3 aromatic carbocycles. The molecule has 7 heteroatoms. The number of methoxy groups -OCH3 is 2. The smallest absolute Gasteiger partial charge is 0.338 e. The number of hydrogen-bond donors (Lipinski definition) is 2. The van der Waals surface area contributed by atoms with Crippen molar-refractivity contribution in [3.8, 4) is 17.2 Å². The Balaban J connectivity index is 1.63. The van der Waals surface area contributed by atoms with Gasteiger partial charge < -0.3 is 24.8 Å². The molecule has 2 N–H and O–H groups in total. The predicted molar refractivity (Wildman–Crippen MR) is 138 cm³/mol. The maximum atomic E-state index is 12.8. The van der Waals surface area contributed by atoms with Crippen LogP contribution >= 0.6 is 0 Å². The lowest BCUT2D eigenvalue weighted by molar-refractivity contribution is -0.136. The number of rotatable bonds is 6. The Morgan fingerprint density at radius 2 is 1.36 bits per heavy atom. The summed E-state index contributed by atoms with van der Waals surface area (Å²) in [6.07, 6.45) is 0. The summed E-state index contributed by atoms with van der Waals surface area (Å²) in [5.74, 6) is 1.49. The fourth-order valence-electron chi connectivity index (χ4n) is 4.02. The van der Waals surface area contributed by atoms with Crippen LogP contribution in [-0.4, -0.2) is 26.2 Å². The number of benzene rings is 3. The van der Waals surface area contributed by atoms with Gasteiger partial charge in [0.25, 0.3) is 0 Å². The highest BCUT2D eigenvalue weighted by molar-refractivity contribution is 6.04. The summed E-state index contributed by atoms with van der Waals surface area (Å²) in [6, 6.07) is 21.2. The molecule has 0 spiro atoms. The standard InChI is InChI=1S/C29H30N2O5/c1-29(2,3)20-10-16-23(17-11-20)36-22-14-8-19(9-15-22)26-24(27(32)35-5)25(30-28(33)31-26)18-6-12-21(34-4)13-7-18/h6-17,26H,1-5H3,(H2,30,31,33). The minimum atomic E-state index is -0.705. The molecule has 3 aromatic rings. The molecule has 4 rings (SSSR count). The first-order valence-electron chi connectivity index (χ1n) is 11.6. The lowest BCUT2D eigenvalue weighted by Crippen LogP contribution is -2.45. The molecule has 1 unspecified atom stereocenters. The van der Waals surface area contributed by atoms with Gasteiger partial charge in [-0.15, -0.1) is 0 Å². The van der Waals surface area contributed by atoms with Crippen molar-refractivity contribution < 1.29 is 23.8 Å². The van der Waals surface area contributed by atoms with E-state index in [0.29, 0.717) is 33.9 Å². The number of hydrogen-bond acceptors (Lipinski definition) is 5. The third-order valence-corrected chi connectivity index (χ3v) is 6.03. The molecule has 0 saturated heterocycles. The van der Waals surface area contributed by atoms with E-state index in [1.807, 2.05) is 36.4 Å². The molecule has 1 aliphatic rings. The van der Waals surface area contributed by atoms with Gasteiger partial charge in [-0.25, -0.2) is 9.59 Å². The molecule has 36 heavy (non-hydrogen) atoms. The van der Waals surface area contributed by atoms with E-state index in [0.717, 1.165) is 5.75 Å². The van der Waals surface area contributed by atoms with Crippen LogP contribution in [-0.2, 0) is 14.9 Å². The Morgan fingerprint density at radius 3 is 1.89 bits per heavy atom. The molecule has 0 aliphatic carbocycles. The van der Waals surface area contributed by atoms with Crippen molar-refractivity contribution in [3.63, 3.8) is 0 Å². The molecule has 0 aromatic heterocycles. The van der Waals surface area contributed by atoms with E-state index in [1.54, 1.807) is 31.4 Å². The van der Waals surface area contributed by atoms with Crippen LogP contribution in [0.25, 0.3) is 5.70 Å². The van der Waals surface area contributed by atoms with Crippen molar-refractivity contribution in [2.45, 2.75) is 32.2 Å². The zero-order valence-electron chi connectivity index (χ0n) is 21.0. The van der Waals surface area contributed by atoms with Crippen LogP contribution in [0.1, 0.15) is 43.5 Å². The number of carbonyl (C=O) groups excluding carboxylic acids is 2. The first-order valence-corrected chi connectivity index (χ1v) is 11.6. The second-order valence-corrected chi connectivity index (χ2v) is 9.49. The van der Waals surface area contributed by atoms with Gasteiger partial charge in [0.1, 0.15) is 17.2 Å². The molecule has 0 fully saturated rings. The number of nitrogens with one attached hydrogen (secondary N) is 2. The van der Waals surface area contributed by atoms with Gasteiger partial charge in [-0.1, -0.05) is 45.0 Å². The van der Waals surface area contributed by atoms with Crippen molar-refractivity contribution in [1.82, 2.24) is 10.6 Å². The second kappa shape index (κ2) is 10.2. The summed E-state index contributed by atoms with van der Waals surface area (Å²) in [7, 11) is 2.89. The van der Waals surface area contributed by atoms with Gasteiger partial charge in [0.2, 0.25) is 0 Å².